The summed E-state index contributed by atoms with van der Waals surface area (Å²) >= 11 is 0. The van der Waals surface area contributed by atoms with Crippen LogP contribution >= 0.6 is 0 Å². The highest BCUT2D eigenvalue weighted by atomic mass is 15.3. The molecule has 0 bridgehead atoms. The van der Waals surface area contributed by atoms with Crippen LogP contribution in [0.4, 0.5) is 0 Å². The van der Waals surface area contributed by atoms with Gasteiger partial charge in [-0.2, -0.15) is 0 Å². The zero-order chi connectivity index (χ0) is 8.67. The first kappa shape index (κ1) is 8.21. The molecule has 74 valence electrons. The van der Waals surface area contributed by atoms with Crippen molar-refractivity contribution in [2.45, 2.75) is 24.9 Å². The number of nitrogens with zero attached hydrogens (tertiary/aromatic N) is 2. The van der Waals surface area contributed by atoms with Crippen molar-refractivity contribution in [2.24, 2.45) is 0 Å². The Hall–Kier alpha value is -0.120. The summed E-state index contributed by atoms with van der Waals surface area (Å²) in [6.07, 6.45) is 2.92. The maximum absolute atomic E-state index is 3.50. The van der Waals surface area contributed by atoms with E-state index in [1.807, 2.05) is 0 Å². The van der Waals surface area contributed by atoms with E-state index in [0.717, 1.165) is 12.1 Å². The van der Waals surface area contributed by atoms with Crippen LogP contribution in [0.1, 0.15) is 12.8 Å². The molecule has 1 saturated carbocycles. The van der Waals surface area contributed by atoms with Gasteiger partial charge in [-0.05, 0) is 12.8 Å². The van der Waals surface area contributed by atoms with Gasteiger partial charge >= 0.3 is 0 Å². The van der Waals surface area contributed by atoms with Crippen LogP contribution in [0.2, 0.25) is 0 Å². The summed E-state index contributed by atoms with van der Waals surface area (Å²) in [5.41, 5.74) is 0. The van der Waals surface area contributed by atoms with Crippen molar-refractivity contribution in [3.63, 3.8) is 0 Å². The molecule has 1 N–H and O–H groups in total. The van der Waals surface area contributed by atoms with Crippen molar-refractivity contribution in [3.05, 3.63) is 0 Å². The smallest absolute Gasteiger partial charge is 0.0349 e. The minimum Gasteiger partial charge on any atom is -0.314 e. The second-order valence-electron chi connectivity index (χ2n) is 4.62. The largest absolute Gasteiger partial charge is 0.314 e. The van der Waals surface area contributed by atoms with Gasteiger partial charge in [-0.25, -0.2) is 0 Å². The fraction of sp³-hybridized carbons (Fsp3) is 1.00. The molecule has 3 aliphatic rings. The van der Waals surface area contributed by atoms with Crippen molar-refractivity contribution in [1.29, 1.82) is 0 Å². The second kappa shape index (κ2) is 3.23. The molecule has 3 nitrogen and oxygen atoms in total. The number of hydrogen-bond donors (Lipinski definition) is 1. The molecule has 1 aliphatic carbocycles. The molecule has 13 heavy (non-hydrogen) atoms. The van der Waals surface area contributed by atoms with Crippen LogP contribution in [0, 0.1) is 0 Å². The maximum atomic E-state index is 3.50. The van der Waals surface area contributed by atoms with Gasteiger partial charge in [0.05, 0.1) is 0 Å². The van der Waals surface area contributed by atoms with Crippen LogP contribution in [-0.2, 0) is 0 Å². The Morgan fingerprint density at radius 3 is 2.62 bits per heavy atom. The molecule has 0 aromatic carbocycles. The predicted molar refractivity (Wildman–Crippen MR) is 52.8 cm³/mol. The Kier molecular flexibility index (Phi) is 2.04. The van der Waals surface area contributed by atoms with Crippen molar-refractivity contribution in [3.8, 4) is 0 Å². The lowest BCUT2D eigenvalue weighted by molar-refractivity contribution is 0.0539. The van der Waals surface area contributed by atoms with Crippen LogP contribution in [0.15, 0.2) is 0 Å². The minimum atomic E-state index is 0.808. The van der Waals surface area contributed by atoms with Crippen molar-refractivity contribution in [1.82, 2.24) is 15.1 Å². The minimum absolute atomic E-state index is 0.808. The Morgan fingerprint density at radius 1 is 0.923 bits per heavy atom. The Labute approximate surface area is 80.1 Å². The van der Waals surface area contributed by atoms with Crippen molar-refractivity contribution in [2.75, 3.05) is 39.3 Å². The molecule has 2 aliphatic heterocycles. The summed E-state index contributed by atoms with van der Waals surface area (Å²) in [6, 6.07) is 1.77. The molecule has 1 atom stereocenters. The van der Waals surface area contributed by atoms with E-state index in [1.165, 1.54) is 52.1 Å². The monoisotopic (exact) mass is 181 g/mol. The van der Waals surface area contributed by atoms with Gasteiger partial charge in [-0.15, -0.1) is 0 Å². The van der Waals surface area contributed by atoms with Crippen LogP contribution in [0.3, 0.4) is 0 Å². The van der Waals surface area contributed by atoms with Crippen LogP contribution in [-0.4, -0.2) is 61.2 Å². The molecule has 3 heteroatoms. The number of piperazine rings is 2. The van der Waals surface area contributed by atoms with E-state index in [4.69, 9.17) is 0 Å². The van der Waals surface area contributed by atoms with Crippen LogP contribution in [0.5, 0.6) is 0 Å². The number of fused-ring (bicyclic) bond motifs is 1. The van der Waals surface area contributed by atoms with Gasteiger partial charge in [0.15, 0.2) is 0 Å². The van der Waals surface area contributed by atoms with Gasteiger partial charge in [0.25, 0.3) is 0 Å². The predicted octanol–water partition coefficient (Wildman–Crippen LogP) is -0.262. The normalized spacial score (nSPS) is 37.4. The first-order valence-corrected chi connectivity index (χ1v) is 5.62. The van der Waals surface area contributed by atoms with Crippen molar-refractivity contribution < 1.29 is 0 Å². The van der Waals surface area contributed by atoms with Crippen molar-refractivity contribution >= 4 is 0 Å². The summed E-state index contributed by atoms with van der Waals surface area (Å²) in [5, 5.41) is 3.50. The molecule has 0 radical (unpaired) electrons. The second-order valence-corrected chi connectivity index (χ2v) is 4.62. The molecular formula is C10H19N3. The molecule has 3 fully saturated rings. The number of hydrogen-bond acceptors (Lipinski definition) is 3. The highest BCUT2D eigenvalue weighted by Crippen LogP contribution is 2.28. The summed E-state index contributed by atoms with van der Waals surface area (Å²) in [5.74, 6) is 0. The molecule has 0 amide bonds. The topological polar surface area (TPSA) is 18.5 Å². The molecule has 0 aromatic heterocycles. The lowest BCUT2D eigenvalue weighted by Gasteiger charge is -2.44. The molecule has 1 unspecified atom stereocenters. The van der Waals surface area contributed by atoms with Gasteiger partial charge in [-0.1, -0.05) is 0 Å². The Morgan fingerprint density at radius 2 is 1.77 bits per heavy atom. The molecule has 0 spiro atoms. The summed E-state index contributed by atoms with van der Waals surface area (Å²) in [7, 11) is 0. The van der Waals surface area contributed by atoms with E-state index in [0.29, 0.717) is 0 Å². The van der Waals surface area contributed by atoms with Gasteiger partial charge in [0.1, 0.15) is 0 Å². The highest BCUT2D eigenvalue weighted by Gasteiger charge is 2.35. The lowest BCUT2D eigenvalue weighted by Crippen LogP contribution is -2.61. The number of rotatable bonds is 1. The average Bonchev–Trinajstić information content (AvgIpc) is 3.00. The van der Waals surface area contributed by atoms with E-state index in [-0.39, 0.29) is 0 Å². The highest BCUT2D eigenvalue weighted by molar-refractivity contribution is 4.93. The summed E-state index contributed by atoms with van der Waals surface area (Å²) in [6.45, 7) is 7.62. The molecule has 0 aromatic rings. The van der Waals surface area contributed by atoms with E-state index in [1.54, 1.807) is 0 Å². The third-order valence-corrected chi connectivity index (χ3v) is 3.66. The lowest BCUT2D eigenvalue weighted by atomic mass is 10.1. The molecule has 2 heterocycles. The fourth-order valence-corrected chi connectivity index (χ4v) is 2.67. The first-order valence-electron chi connectivity index (χ1n) is 5.62. The quantitative estimate of drug-likeness (QED) is 0.601. The van der Waals surface area contributed by atoms with E-state index in [9.17, 15) is 0 Å². The first-order chi connectivity index (χ1) is 6.43. The third kappa shape index (κ3) is 1.60. The van der Waals surface area contributed by atoms with Crippen LogP contribution in [0.25, 0.3) is 0 Å². The Bertz CT molecular complexity index is 191. The van der Waals surface area contributed by atoms with Gasteiger partial charge in [-0.3, -0.25) is 9.80 Å². The maximum Gasteiger partial charge on any atom is 0.0349 e. The van der Waals surface area contributed by atoms with Crippen LogP contribution < -0.4 is 5.32 Å². The van der Waals surface area contributed by atoms with E-state index < -0.39 is 0 Å². The summed E-state index contributed by atoms with van der Waals surface area (Å²) in [4.78, 5) is 5.36. The third-order valence-electron chi connectivity index (χ3n) is 3.66. The molecule has 3 rings (SSSR count). The molecule has 2 saturated heterocycles. The standard InChI is InChI=1S/C10H19N3/c1-2-9(1)13-6-5-12-4-3-11-7-10(12)8-13/h9-11H,1-8H2. The molecular weight excluding hydrogens is 162 g/mol. The van der Waals surface area contributed by atoms with Gasteiger partial charge < -0.3 is 5.32 Å². The number of nitrogens with one attached hydrogen (secondary N) is 1. The fourth-order valence-electron chi connectivity index (χ4n) is 2.67. The van der Waals surface area contributed by atoms with E-state index in [2.05, 4.69) is 15.1 Å². The van der Waals surface area contributed by atoms with Gasteiger partial charge in [0.2, 0.25) is 0 Å². The Balaban J connectivity index is 1.62. The zero-order valence-corrected chi connectivity index (χ0v) is 8.21. The van der Waals surface area contributed by atoms with E-state index >= 15 is 0 Å². The summed E-state index contributed by atoms with van der Waals surface area (Å²) < 4.78 is 0. The zero-order valence-electron chi connectivity index (χ0n) is 8.21. The SMILES string of the molecule is C1CN2CCN(C3CC3)CC2CN1. The van der Waals surface area contributed by atoms with Gasteiger partial charge in [0, 0.05) is 51.4 Å². The average molecular weight is 181 g/mol.